The number of aryl methyl sites for hydroxylation is 2. The monoisotopic (exact) mass is 342 g/mol. The molecule has 1 saturated carbocycles. The number of fused-ring (bicyclic) bond motifs is 1. The molecule has 2 aromatic rings. The molecule has 0 atom stereocenters. The SMILES string of the molecule is C=CCn1c(=NC(=O)CC2CCCCC2)sc2cc(C)c(C)cc21. The minimum atomic E-state index is 0.0275. The van der Waals surface area contributed by atoms with Gasteiger partial charge in [0.15, 0.2) is 4.80 Å². The van der Waals surface area contributed by atoms with Gasteiger partial charge in [-0.1, -0.05) is 36.7 Å². The van der Waals surface area contributed by atoms with Crippen LogP contribution in [-0.2, 0) is 11.3 Å². The van der Waals surface area contributed by atoms with Gasteiger partial charge in [-0.2, -0.15) is 4.99 Å². The van der Waals surface area contributed by atoms with Crippen LogP contribution < -0.4 is 4.80 Å². The Morgan fingerprint density at radius 3 is 2.71 bits per heavy atom. The quantitative estimate of drug-likeness (QED) is 0.727. The Morgan fingerprint density at radius 2 is 2.00 bits per heavy atom. The molecule has 1 aliphatic rings. The van der Waals surface area contributed by atoms with E-state index in [1.54, 1.807) is 11.3 Å². The van der Waals surface area contributed by atoms with E-state index in [-0.39, 0.29) is 5.91 Å². The largest absolute Gasteiger partial charge is 0.312 e. The van der Waals surface area contributed by atoms with Crippen molar-refractivity contribution in [3.8, 4) is 0 Å². The summed E-state index contributed by atoms with van der Waals surface area (Å²) in [5, 5.41) is 0. The third-order valence-electron chi connectivity index (χ3n) is 5.02. The molecule has 1 fully saturated rings. The van der Waals surface area contributed by atoms with Crippen LogP contribution in [0.25, 0.3) is 10.2 Å². The average molecular weight is 343 g/mol. The van der Waals surface area contributed by atoms with Crippen LogP contribution in [0.2, 0.25) is 0 Å². The van der Waals surface area contributed by atoms with E-state index in [0.29, 0.717) is 18.9 Å². The molecule has 0 radical (unpaired) electrons. The normalized spacial score (nSPS) is 16.7. The predicted molar refractivity (Wildman–Crippen MR) is 101 cm³/mol. The fraction of sp³-hybridized carbons (Fsp3) is 0.500. The van der Waals surface area contributed by atoms with Crippen molar-refractivity contribution in [1.29, 1.82) is 0 Å². The van der Waals surface area contributed by atoms with Crippen molar-refractivity contribution >= 4 is 27.5 Å². The fourth-order valence-electron chi connectivity index (χ4n) is 3.50. The van der Waals surface area contributed by atoms with Crippen molar-refractivity contribution in [3.63, 3.8) is 0 Å². The molecule has 0 N–H and O–H groups in total. The molecule has 1 aromatic carbocycles. The van der Waals surface area contributed by atoms with Gasteiger partial charge in [-0.05, 0) is 55.9 Å². The smallest absolute Gasteiger partial charge is 0.248 e. The number of carbonyl (C=O) groups is 1. The standard InChI is InChI=1S/C20H26N2OS/c1-4-10-22-17-11-14(2)15(3)12-18(17)24-20(22)21-19(23)13-16-8-6-5-7-9-16/h4,11-12,16H,1,5-10,13H2,2-3H3. The lowest BCUT2D eigenvalue weighted by atomic mass is 9.87. The maximum absolute atomic E-state index is 12.4. The first-order valence-electron chi connectivity index (χ1n) is 8.87. The first kappa shape index (κ1) is 17.2. The summed E-state index contributed by atoms with van der Waals surface area (Å²) < 4.78 is 3.29. The molecule has 0 saturated heterocycles. The Balaban J connectivity index is 1.95. The fourth-order valence-corrected chi connectivity index (χ4v) is 4.64. The van der Waals surface area contributed by atoms with E-state index in [0.717, 1.165) is 10.3 Å². The van der Waals surface area contributed by atoms with Crippen molar-refractivity contribution < 1.29 is 4.79 Å². The van der Waals surface area contributed by atoms with E-state index in [4.69, 9.17) is 0 Å². The molecule has 3 nitrogen and oxygen atoms in total. The van der Waals surface area contributed by atoms with E-state index in [2.05, 4.69) is 42.1 Å². The van der Waals surface area contributed by atoms with Crippen LogP contribution in [0.1, 0.15) is 49.7 Å². The van der Waals surface area contributed by atoms with Crippen molar-refractivity contribution in [2.24, 2.45) is 10.9 Å². The Hall–Kier alpha value is -1.68. The summed E-state index contributed by atoms with van der Waals surface area (Å²) in [5.74, 6) is 0.557. The molecular formula is C20H26N2OS. The summed E-state index contributed by atoms with van der Waals surface area (Å²) in [6.45, 7) is 8.78. The molecule has 1 aromatic heterocycles. The predicted octanol–water partition coefficient (Wildman–Crippen LogP) is 4.90. The lowest BCUT2D eigenvalue weighted by molar-refractivity contribution is -0.119. The van der Waals surface area contributed by atoms with Crippen LogP contribution in [0.5, 0.6) is 0 Å². The number of hydrogen-bond donors (Lipinski definition) is 0. The molecule has 24 heavy (non-hydrogen) atoms. The van der Waals surface area contributed by atoms with Crippen LogP contribution in [0.15, 0.2) is 29.8 Å². The lowest BCUT2D eigenvalue weighted by Gasteiger charge is -2.19. The molecule has 0 spiro atoms. The van der Waals surface area contributed by atoms with Gasteiger partial charge in [0.2, 0.25) is 5.91 Å². The Kier molecular flexibility index (Phi) is 5.34. The van der Waals surface area contributed by atoms with Gasteiger partial charge in [-0.15, -0.1) is 6.58 Å². The molecule has 128 valence electrons. The molecule has 0 bridgehead atoms. The lowest BCUT2D eigenvalue weighted by Crippen LogP contribution is -2.18. The van der Waals surface area contributed by atoms with Crippen molar-refractivity contribution in [2.75, 3.05) is 0 Å². The van der Waals surface area contributed by atoms with Gasteiger partial charge in [0.25, 0.3) is 0 Å². The summed E-state index contributed by atoms with van der Waals surface area (Å²) in [6.07, 6.45) is 8.66. The minimum Gasteiger partial charge on any atom is -0.312 e. The van der Waals surface area contributed by atoms with E-state index in [1.165, 1.54) is 47.9 Å². The second kappa shape index (κ2) is 7.47. The van der Waals surface area contributed by atoms with Crippen molar-refractivity contribution in [2.45, 2.75) is 58.9 Å². The number of carbonyl (C=O) groups excluding carboxylic acids is 1. The number of benzene rings is 1. The van der Waals surface area contributed by atoms with E-state index >= 15 is 0 Å². The van der Waals surface area contributed by atoms with Crippen LogP contribution in [0.4, 0.5) is 0 Å². The highest BCUT2D eigenvalue weighted by atomic mass is 32.1. The van der Waals surface area contributed by atoms with Crippen molar-refractivity contribution in [1.82, 2.24) is 4.57 Å². The van der Waals surface area contributed by atoms with E-state index in [1.807, 2.05) is 6.08 Å². The van der Waals surface area contributed by atoms with Crippen LogP contribution >= 0.6 is 11.3 Å². The van der Waals surface area contributed by atoms with Gasteiger partial charge in [0.1, 0.15) is 0 Å². The zero-order chi connectivity index (χ0) is 17.1. The highest BCUT2D eigenvalue weighted by molar-refractivity contribution is 7.16. The topological polar surface area (TPSA) is 34.4 Å². The molecule has 1 amide bonds. The molecule has 4 heteroatoms. The molecule has 1 heterocycles. The summed E-state index contributed by atoms with van der Waals surface area (Å²) in [4.78, 5) is 17.7. The number of amides is 1. The van der Waals surface area contributed by atoms with Gasteiger partial charge in [0.05, 0.1) is 10.2 Å². The van der Waals surface area contributed by atoms with E-state index in [9.17, 15) is 4.79 Å². The van der Waals surface area contributed by atoms with Crippen molar-refractivity contribution in [3.05, 3.63) is 40.7 Å². The highest BCUT2D eigenvalue weighted by Crippen LogP contribution is 2.26. The second-order valence-corrected chi connectivity index (χ2v) is 7.91. The first-order chi connectivity index (χ1) is 11.6. The Bertz CT molecular complexity index is 822. The second-order valence-electron chi connectivity index (χ2n) is 6.90. The van der Waals surface area contributed by atoms with Crippen LogP contribution in [0.3, 0.4) is 0 Å². The zero-order valence-corrected chi connectivity index (χ0v) is 15.5. The molecule has 1 aliphatic carbocycles. The zero-order valence-electron chi connectivity index (χ0n) is 14.7. The summed E-state index contributed by atoms with van der Waals surface area (Å²) in [6, 6.07) is 4.38. The minimum absolute atomic E-state index is 0.0275. The molecule has 0 aliphatic heterocycles. The van der Waals surface area contributed by atoms with Gasteiger partial charge in [-0.3, -0.25) is 4.79 Å². The number of hydrogen-bond acceptors (Lipinski definition) is 2. The van der Waals surface area contributed by atoms with Gasteiger partial charge < -0.3 is 4.57 Å². The van der Waals surface area contributed by atoms with Crippen LogP contribution in [-0.4, -0.2) is 10.5 Å². The van der Waals surface area contributed by atoms with Crippen LogP contribution in [0, 0.1) is 19.8 Å². The van der Waals surface area contributed by atoms with E-state index < -0.39 is 0 Å². The summed E-state index contributed by atoms with van der Waals surface area (Å²) in [5.41, 5.74) is 3.68. The number of thiazole rings is 1. The Labute approximate surface area is 147 Å². The highest BCUT2D eigenvalue weighted by Gasteiger charge is 2.17. The maximum Gasteiger partial charge on any atom is 0.248 e. The number of rotatable bonds is 4. The third-order valence-corrected chi connectivity index (χ3v) is 6.06. The Morgan fingerprint density at radius 1 is 1.29 bits per heavy atom. The average Bonchev–Trinajstić information content (AvgIpc) is 2.86. The third kappa shape index (κ3) is 3.69. The van der Waals surface area contributed by atoms with Gasteiger partial charge >= 0.3 is 0 Å². The van der Waals surface area contributed by atoms with Gasteiger partial charge in [0, 0.05) is 13.0 Å². The number of nitrogens with zero attached hydrogens (tertiary/aromatic N) is 2. The summed E-state index contributed by atoms with van der Waals surface area (Å²) in [7, 11) is 0. The maximum atomic E-state index is 12.4. The van der Waals surface area contributed by atoms with Gasteiger partial charge in [-0.25, -0.2) is 0 Å². The molecule has 0 unspecified atom stereocenters. The summed E-state index contributed by atoms with van der Waals surface area (Å²) >= 11 is 1.60. The molecular weight excluding hydrogens is 316 g/mol. The first-order valence-corrected chi connectivity index (χ1v) is 9.69. The number of allylic oxidation sites excluding steroid dienone is 1. The number of aromatic nitrogens is 1. The molecule has 3 rings (SSSR count).